The van der Waals surface area contributed by atoms with Gasteiger partial charge in [0.1, 0.15) is 0 Å². The number of nitro benzene ring substituents is 1. The standard InChI is InChI=1S/C25H26N2O6/c1-5-32-24(28)20-16(4)26-23(17-12-10-15(3)11-13-17)22(25(29)33-6-2)21(20)18-8-7-9-19(14-18)27(30)31/h7-14,21,26H,5-6H2,1-4H3. The van der Waals surface area contributed by atoms with Crippen molar-refractivity contribution in [2.45, 2.75) is 33.6 Å². The Morgan fingerprint density at radius 3 is 2.15 bits per heavy atom. The molecule has 1 aliphatic heterocycles. The van der Waals surface area contributed by atoms with Gasteiger partial charge in [-0.05, 0) is 38.8 Å². The maximum absolute atomic E-state index is 13.3. The number of nitrogens with one attached hydrogen (secondary N) is 1. The largest absolute Gasteiger partial charge is 0.463 e. The van der Waals surface area contributed by atoms with E-state index in [0.717, 1.165) is 11.1 Å². The van der Waals surface area contributed by atoms with Gasteiger partial charge in [0.15, 0.2) is 0 Å². The average molecular weight is 450 g/mol. The molecular formula is C25H26N2O6. The number of benzene rings is 2. The number of carbonyl (C=O) groups excluding carboxylic acids is 2. The second-order valence-corrected chi connectivity index (χ2v) is 7.54. The van der Waals surface area contributed by atoms with Crippen molar-refractivity contribution in [1.82, 2.24) is 5.32 Å². The predicted octanol–water partition coefficient (Wildman–Crippen LogP) is 4.40. The second kappa shape index (κ2) is 10.1. The van der Waals surface area contributed by atoms with E-state index in [1.165, 1.54) is 18.2 Å². The van der Waals surface area contributed by atoms with Crippen LogP contribution in [0.1, 0.15) is 43.4 Å². The van der Waals surface area contributed by atoms with Crippen molar-refractivity contribution in [2.24, 2.45) is 0 Å². The van der Waals surface area contributed by atoms with Crippen LogP contribution in [-0.4, -0.2) is 30.1 Å². The lowest BCUT2D eigenvalue weighted by Gasteiger charge is -2.31. The van der Waals surface area contributed by atoms with Crippen molar-refractivity contribution in [3.63, 3.8) is 0 Å². The second-order valence-electron chi connectivity index (χ2n) is 7.54. The molecule has 172 valence electrons. The molecular weight excluding hydrogens is 424 g/mol. The third-order valence-corrected chi connectivity index (χ3v) is 5.31. The highest BCUT2D eigenvalue weighted by Gasteiger charge is 2.39. The van der Waals surface area contributed by atoms with Crippen LogP contribution in [0.3, 0.4) is 0 Å². The maximum atomic E-state index is 13.3. The summed E-state index contributed by atoms with van der Waals surface area (Å²) in [5.41, 5.74) is 3.41. The first-order valence-corrected chi connectivity index (χ1v) is 10.7. The summed E-state index contributed by atoms with van der Waals surface area (Å²) in [4.78, 5) is 37.2. The van der Waals surface area contributed by atoms with E-state index in [2.05, 4.69) is 5.32 Å². The Hall–Kier alpha value is -3.94. The minimum atomic E-state index is -0.916. The fourth-order valence-corrected chi connectivity index (χ4v) is 3.84. The lowest BCUT2D eigenvalue weighted by atomic mass is 9.79. The quantitative estimate of drug-likeness (QED) is 0.378. The number of carbonyl (C=O) groups is 2. The fraction of sp³-hybridized carbons (Fsp3) is 0.280. The number of allylic oxidation sites excluding steroid dienone is 1. The highest BCUT2D eigenvalue weighted by Crippen LogP contribution is 2.42. The van der Waals surface area contributed by atoms with Crippen LogP contribution < -0.4 is 5.32 Å². The minimum absolute atomic E-state index is 0.128. The van der Waals surface area contributed by atoms with E-state index in [1.54, 1.807) is 26.8 Å². The summed E-state index contributed by atoms with van der Waals surface area (Å²) in [5, 5.41) is 14.6. The zero-order chi connectivity index (χ0) is 24.1. The molecule has 0 aliphatic carbocycles. The van der Waals surface area contributed by atoms with E-state index in [4.69, 9.17) is 9.47 Å². The van der Waals surface area contributed by atoms with Crippen LogP contribution >= 0.6 is 0 Å². The summed E-state index contributed by atoms with van der Waals surface area (Å²) in [5.74, 6) is -2.14. The van der Waals surface area contributed by atoms with Gasteiger partial charge >= 0.3 is 11.9 Å². The third-order valence-electron chi connectivity index (χ3n) is 5.31. The van der Waals surface area contributed by atoms with E-state index in [1.807, 2.05) is 31.2 Å². The van der Waals surface area contributed by atoms with Crippen LogP contribution in [-0.2, 0) is 19.1 Å². The van der Waals surface area contributed by atoms with Gasteiger partial charge in [-0.1, -0.05) is 42.0 Å². The molecule has 0 saturated carbocycles. The first kappa shape index (κ1) is 23.7. The SMILES string of the molecule is CCOC(=O)C1=C(C)NC(c2ccc(C)cc2)=C(C(=O)OCC)C1c1cccc([N+](=O)[O-])c1. The molecule has 0 amide bonds. The molecule has 1 N–H and O–H groups in total. The van der Waals surface area contributed by atoms with Gasteiger partial charge in [0.2, 0.25) is 0 Å². The highest BCUT2D eigenvalue weighted by atomic mass is 16.6. The van der Waals surface area contributed by atoms with E-state index < -0.39 is 22.8 Å². The molecule has 2 aromatic carbocycles. The molecule has 2 aromatic rings. The Bertz CT molecular complexity index is 1150. The Labute approximate surface area is 192 Å². The molecule has 0 aromatic heterocycles. The topological polar surface area (TPSA) is 108 Å². The first-order valence-electron chi connectivity index (χ1n) is 10.7. The molecule has 33 heavy (non-hydrogen) atoms. The normalized spacial score (nSPS) is 15.7. The van der Waals surface area contributed by atoms with Gasteiger partial charge in [0.05, 0.1) is 40.9 Å². The number of nitrogens with zero attached hydrogens (tertiary/aromatic N) is 1. The number of aryl methyl sites for hydroxylation is 1. The number of ether oxygens (including phenoxy) is 2. The van der Waals surface area contributed by atoms with Crippen LogP contribution in [0.25, 0.3) is 5.70 Å². The zero-order valence-electron chi connectivity index (χ0n) is 19.0. The van der Waals surface area contributed by atoms with Gasteiger partial charge in [-0.3, -0.25) is 10.1 Å². The molecule has 0 fully saturated rings. The Morgan fingerprint density at radius 2 is 1.58 bits per heavy atom. The fourth-order valence-electron chi connectivity index (χ4n) is 3.84. The van der Waals surface area contributed by atoms with Crippen LogP contribution in [0.4, 0.5) is 5.69 Å². The summed E-state index contributed by atoms with van der Waals surface area (Å²) in [7, 11) is 0. The molecule has 0 spiro atoms. The molecule has 1 atom stereocenters. The van der Waals surface area contributed by atoms with Crippen LogP contribution in [0.2, 0.25) is 0 Å². The molecule has 1 heterocycles. The van der Waals surface area contributed by atoms with Crippen molar-refractivity contribution < 1.29 is 24.0 Å². The summed E-state index contributed by atoms with van der Waals surface area (Å²) in [6.07, 6.45) is 0. The molecule has 0 bridgehead atoms. The van der Waals surface area contributed by atoms with Crippen LogP contribution in [0.15, 0.2) is 65.4 Å². The summed E-state index contributed by atoms with van der Waals surface area (Å²) >= 11 is 0. The van der Waals surface area contributed by atoms with E-state index in [9.17, 15) is 19.7 Å². The predicted molar refractivity (Wildman–Crippen MR) is 123 cm³/mol. The average Bonchev–Trinajstić information content (AvgIpc) is 2.79. The van der Waals surface area contributed by atoms with Crippen molar-refractivity contribution >= 4 is 23.3 Å². The van der Waals surface area contributed by atoms with Crippen LogP contribution in [0.5, 0.6) is 0 Å². The van der Waals surface area contributed by atoms with Crippen molar-refractivity contribution in [2.75, 3.05) is 13.2 Å². The van der Waals surface area contributed by atoms with Gasteiger partial charge in [0, 0.05) is 17.8 Å². The van der Waals surface area contributed by atoms with Crippen LogP contribution in [0, 0.1) is 17.0 Å². The lowest BCUT2D eigenvalue weighted by molar-refractivity contribution is -0.384. The van der Waals surface area contributed by atoms with Gasteiger partial charge < -0.3 is 14.8 Å². The Balaban J connectivity index is 2.33. The molecule has 0 radical (unpaired) electrons. The molecule has 8 nitrogen and oxygen atoms in total. The Kier molecular flexibility index (Phi) is 7.27. The first-order chi connectivity index (χ1) is 15.8. The zero-order valence-corrected chi connectivity index (χ0v) is 19.0. The number of hydrogen-bond acceptors (Lipinski definition) is 7. The molecule has 0 saturated heterocycles. The summed E-state index contributed by atoms with van der Waals surface area (Å²) in [6, 6.07) is 13.5. The number of rotatable bonds is 7. The number of nitro groups is 1. The third kappa shape index (κ3) is 4.95. The molecule has 8 heteroatoms. The van der Waals surface area contributed by atoms with E-state index >= 15 is 0 Å². The number of esters is 2. The minimum Gasteiger partial charge on any atom is -0.463 e. The highest BCUT2D eigenvalue weighted by molar-refractivity contribution is 6.05. The molecule has 1 unspecified atom stereocenters. The lowest BCUT2D eigenvalue weighted by Crippen LogP contribution is -2.32. The van der Waals surface area contributed by atoms with Gasteiger partial charge in [-0.15, -0.1) is 0 Å². The number of dihydropyridines is 1. The summed E-state index contributed by atoms with van der Waals surface area (Å²) in [6.45, 7) is 7.31. The van der Waals surface area contributed by atoms with Gasteiger partial charge in [0.25, 0.3) is 5.69 Å². The number of non-ortho nitro benzene ring substituents is 1. The summed E-state index contributed by atoms with van der Waals surface area (Å²) < 4.78 is 10.6. The molecule has 1 aliphatic rings. The smallest absolute Gasteiger partial charge is 0.337 e. The van der Waals surface area contributed by atoms with Crippen molar-refractivity contribution in [3.8, 4) is 0 Å². The maximum Gasteiger partial charge on any atom is 0.337 e. The van der Waals surface area contributed by atoms with Crippen molar-refractivity contribution in [1.29, 1.82) is 0 Å². The monoisotopic (exact) mass is 450 g/mol. The number of hydrogen-bond donors (Lipinski definition) is 1. The van der Waals surface area contributed by atoms with E-state index in [-0.39, 0.29) is 30.0 Å². The van der Waals surface area contributed by atoms with Gasteiger partial charge in [-0.2, -0.15) is 0 Å². The Morgan fingerprint density at radius 1 is 0.970 bits per heavy atom. The van der Waals surface area contributed by atoms with E-state index in [0.29, 0.717) is 17.0 Å². The van der Waals surface area contributed by atoms with Crippen molar-refractivity contribution in [3.05, 3.63) is 92.2 Å². The molecule has 3 rings (SSSR count). The van der Waals surface area contributed by atoms with Gasteiger partial charge in [-0.25, -0.2) is 9.59 Å².